The maximum absolute atomic E-state index is 13.9. The van der Waals surface area contributed by atoms with Gasteiger partial charge in [-0.15, -0.1) is 0 Å². The van der Waals surface area contributed by atoms with Crippen molar-refractivity contribution < 1.29 is 8.42 Å². The Kier molecular flexibility index (Phi) is 7.38. The van der Waals surface area contributed by atoms with Crippen LogP contribution in [0.5, 0.6) is 0 Å². The monoisotopic (exact) mass is 516 g/mol. The molecule has 2 bridgehead atoms. The first-order chi connectivity index (χ1) is 18.1. The zero-order chi connectivity index (χ0) is 25.2. The van der Waals surface area contributed by atoms with E-state index in [1.807, 2.05) is 24.3 Å². The van der Waals surface area contributed by atoms with Crippen LogP contribution < -0.4 is 10.6 Å². The fraction of sp³-hybridized carbons (Fsp3) is 0.500. The molecule has 4 unspecified atom stereocenters. The van der Waals surface area contributed by atoms with E-state index >= 15 is 0 Å². The summed E-state index contributed by atoms with van der Waals surface area (Å²) in [4.78, 5) is 0.471. The van der Waals surface area contributed by atoms with Gasteiger partial charge in [-0.05, 0) is 71.7 Å². The third-order valence-electron chi connectivity index (χ3n) is 9.17. The molecule has 0 amide bonds. The number of nitrogens with one attached hydrogen (secondary N) is 2. The highest BCUT2D eigenvalue weighted by atomic mass is 32.2. The number of aryl methyl sites for hydroxylation is 1. The fourth-order valence-electron chi connectivity index (χ4n) is 7.14. The maximum atomic E-state index is 13.9. The summed E-state index contributed by atoms with van der Waals surface area (Å²) in [7, 11) is -3.44. The Morgan fingerprint density at radius 2 is 1.51 bits per heavy atom. The van der Waals surface area contributed by atoms with Crippen LogP contribution in [0.3, 0.4) is 0 Å². The molecule has 2 aliphatic heterocycles. The first-order valence-corrected chi connectivity index (χ1v) is 15.9. The molecule has 5 heteroatoms. The van der Waals surface area contributed by atoms with E-state index in [4.69, 9.17) is 0 Å². The molecule has 1 aliphatic carbocycles. The Hall–Kier alpha value is -2.21. The van der Waals surface area contributed by atoms with Crippen LogP contribution >= 0.6 is 0 Å². The standard InChI is InChI=1S/C32H40N2O2S/c35-37(36,28-17-14-24(15-18-28)10-4-3-9-23-7-1-2-8-23)32-30-20-19-29(34-30)31(32)33-22-25-13-16-26-11-5-6-12-27(26)21-25/h5-6,11-18,21,23,29-34H,1-4,7-10,19-20,22H2. The minimum absolute atomic E-state index is 0.0272. The second-order valence-electron chi connectivity index (χ2n) is 11.6. The minimum atomic E-state index is -3.44. The van der Waals surface area contributed by atoms with Crippen LogP contribution in [0.25, 0.3) is 10.8 Å². The van der Waals surface area contributed by atoms with Gasteiger partial charge < -0.3 is 10.6 Å². The van der Waals surface area contributed by atoms with Crippen molar-refractivity contribution in [3.63, 3.8) is 0 Å². The van der Waals surface area contributed by atoms with Gasteiger partial charge in [-0.25, -0.2) is 8.42 Å². The highest BCUT2D eigenvalue weighted by Crippen LogP contribution is 2.36. The quantitative estimate of drug-likeness (QED) is 0.316. The lowest BCUT2D eigenvalue weighted by atomic mass is 9.94. The molecule has 2 saturated heterocycles. The van der Waals surface area contributed by atoms with Crippen LogP contribution in [0.2, 0.25) is 0 Å². The molecule has 4 nitrogen and oxygen atoms in total. The summed E-state index contributed by atoms with van der Waals surface area (Å²) in [5.74, 6) is 0.950. The van der Waals surface area contributed by atoms with Crippen molar-refractivity contribution in [1.82, 2.24) is 10.6 Å². The molecule has 4 atom stereocenters. The van der Waals surface area contributed by atoms with Gasteiger partial charge in [0.1, 0.15) is 0 Å². The van der Waals surface area contributed by atoms with Gasteiger partial charge in [-0.2, -0.15) is 0 Å². The number of hydrogen-bond acceptors (Lipinski definition) is 4. The average molecular weight is 517 g/mol. The van der Waals surface area contributed by atoms with Crippen molar-refractivity contribution in [1.29, 1.82) is 0 Å². The Balaban J connectivity index is 1.10. The normalized spacial score (nSPS) is 25.8. The van der Waals surface area contributed by atoms with E-state index in [-0.39, 0.29) is 18.1 Å². The van der Waals surface area contributed by atoms with E-state index in [1.54, 1.807) is 0 Å². The molecule has 0 radical (unpaired) electrons. The third-order valence-corrected chi connectivity index (χ3v) is 11.4. The van der Waals surface area contributed by atoms with E-state index in [1.165, 1.54) is 66.8 Å². The molecule has 37 heavy (non-hydrogen) atoms. The maximum Gasteiger partial charge on any atom is 0.184 e. The van der Waals surface area contributed by atoms with E-state index in [0.29, 0.717) is 11.4 Å². The van der Waals surface area contributed by atoms with Crippen molar-refractivity contribution in [2.24, 2.45) is 5.92 Å². The lowest BCUT2D eigenvalue weighted by Crippen LogP contribution is -2.50. The summed E-state index contributed by atoms with van der Waals surface area (Å²) in [6.07, 6.45) is 12.5. The predicted octanol–water partition coefficient (Wildman–Crippen LogP) is 6.18. The van der Waals surface area contributed by atoms with Gasteiger partial charge in [0.2, 0.25) is 0 Å². The summed E-state index contributed by atoms with van der Waals surface area (Å²) < 4.78 is 27.7. The molecule has 196 valence electrons. The molecular formula is C32H40N2O2S. The molecule has 0 spiro atoms. The summed E-state index contributed by atoms with van der Waals surface area (Å²) in [6.45, 7) is 0.673. The second-order valence-corrected chi connectivity index (χ2v) is 13.7. The lowest BCUT2D eigenvalue weighted by Gasteiger charge is -2.30. The van der Waals surface area contributed by atoms with Crippen molar-refractivity contribution in [2.75, 3.05) is 0 Å². The SMILES string of the molecule is O=S(=O)(c1ccc(CCCCC2CCCC2)cc1)C1C2CCC(N2)C1NCc1ccc2ccccc2c1. The third kappa shape index (κ3) is 5.36. The Morgan fingerprint density at radius 3 is 2.32 bits per heavy atom. The largest absolute Gasteiger partial charge is 0.308 e. The van der Waals surface area contributed by atoms with Gasteiger partial charge in [-0.1, -0.05) is 87.1 Å². The summed E-state index contributed by atoms with van der Waals surface area (Å²) >= 11 is 0. The molecule has 3 aliphatic rings. The fourth-order valence-corrected chi connectivity index (χ4v) is 9.29. The number of rotatable bonds is 10. The highest BCUT2D eigenvalue weighted by Gasteiger charge is 2.53. The lowest BCUT2D eigenvalue weighted by molar-refractivity contribution is 0.409. The summed E-state index contributed by atoms with van der Waals surface area (Å²) in [6, 6.07) is 22.8. The molecule has 3 aromatic rings. The van der Waals surface area contributed by atoms with E-state index in [9.17, 15) is 8.42 Å². The first kappa shape index (κ1) is 25.1. The summed E-state index contributed by atoms with van der Waals surface area (Å²) in [5.41, 5.74) is 2.44. The molecule has 3 aromatic carbocycles. The van der Waals surface area contributed by atoms with Gasteiger partial charge in [0.15, 0.2) is 9.84 Å². The zero-order valence-electron chi connectivity index (χ0n) is 21.7. The van der Waals surface area contributed by atoms with Crippen molar-refractivity contribution in [3.05, 3.63) is 77.9 Å². The minimum Gasteiger partial charge on any atom is -0.308 e. The van der Waals surface area contributed by atoms with Gasteiger partial charge in [0, 0.05) is 24.7 Å². The van der Waals surface area contributed by atoms with Gasteiger partial charge >= 0.3 is 0 Å². The molecular weight excluding hydrogens is 476 g/mol. The predicted molar refractivity (Wildman–Crippen MR) is 151 cm³/mol. The number of fused-ring (bicyclic) bond motifs is 3. The van der Waals surface area contributed by atoms with Gasteiger partial charge in [-0.3, -0.25) is 0 Å². The molecule has 6 rings (SSSR count). The molecule has 1 saturated carbocycles. The smallest absolute Gasteiger partial charge is 0.184 e. The molecule has 0 aromatic heterocycles. The zero-order valence-corrected chi connectivity index (χ0v) is 22.6. The molecule has 2 heterocycles. The first-order valence-electron chi connectivity index (χ1n) is 14.4. The highest BCUT2D eigenvalue weighted by molar-refractivity contribution is 7.92. The van der Waals surface area contributed by atoms with Crippen LogP contribution in [-0.4, -0.2) is 31.8 Å². The van der Waals surface area contributed by atoms with Crippen molar-refractivity contribution in [2.45, 2.75) is 99.0 Å². The van der Waals surface area contributed by atoms with Crippen LogP contribution in [0.15, 0.2) is 71.6 Å². The molecule has 3 fully saturated rings. The summed E-state index contributed by atoms with van der Waals surface area (Å²) in [5, 5.41) is 9.26. The average Bonchev–Trinajstić information content (AvgIpc) is 3.69. The number of sulfone groups is 1. The molecule has 2 N–H and O–H groups in total. The Labute approximate surface area is 222 Å². The van der Waals surface area contributed by atoms with Crippen LogP contribution in [0.4, 0.5) is 0 Å². The Bertz CT molecular complexity index is 1310. The van der Waals surface area contributed by atoms with Crippen LogP contribution in [0, 0.1) is 5.92 Å². The number of hydrogen-bond donors (Lipinski definition) is 2. The van der Waals surface area contributed by atoms with Crippen molar-refractivity contribution >= 4 is 20.6 Å². The number of unbranched alkanes of at least 4 members (excludes halogenated alkanes) is 1. The second kappa shape index (κ2) is 10.9. The van der Waals surface area contributed by atoms with E-state index < -0.39 is 15.1 Å². The Morgan fingerprint density at radius 1 is 0.784 bits per heavy atom. The van der Waals surface area contributed by atoms with Gasteiger partial charge in [0.05, 0.1) is 10.1 Å². The van der Waals surface area contributed by atoms with Crippen molar-refractivity contribution in [3.8, 4) is 0 Å². The topological polar surface area (TPSA) is 58.2 Å². The van der Waals surface area contributed by atoms with E-state index in [2.05, 4.69) is 53.1 Å². The van der Waals surface area contributed by atoms with E-state index in [0.717, 1.165) is 25.2 Å². The number of benzene rings is 3. The van der Waals surface area contributed by atoms with Crippen LogP contribution in [-0.2, 0) is 22.8 Å². The van der Waals surface area contributed by atoms with Gasteiger partial charge in [0.25, 0.3) is 0 Å². The van der Waals surface area contributed by atoms with Crippen LogP contribution in [0.1, 0.15) is 68.9 Å².